The van der Waals surface area contributed by atoms with Gasteiger partial charge >= 0.3 is 0 Å². The maximum Gasteiger partial charge on any atom is 0.227 e. The van der Waals surface area contributed by atoms with Gasteiger partial charge in [-0.2, -0.15) is 11.8 Å². The van der Waals surface area contributed by atoms with Crippen molar-refractivity contribution in [2.45, 2.75) is 25.8 Å². The summed E-state index contributed by atoms with van der Waals surface area (Å²) in [5.74, 6) is 1.14. The lowest BCUT2D eigenvalue weighted by molar-refractivity contribution is -0.130. The number of carbonyl (C=O) groups is 1. The topological polar surface area (TPSA) is 46.3 Å². The summed E-state index contributed by atoms with van der Waals surface area (Å²) in [5.41, 5.74) is 7.40. The summed E-state index contributed by atoms with van der Waals surface area (Å²) in [5, 5.41) is 0. The molecule has 0 saturated carbocycles. The van der Waals surface area contributed by atoms with Crippen LogP contribution in [0.5, 0.6) is 0 Å². The fraction of sp³-hybridized carbons (Fsp3) is 0.500. The maximum absolute atomic E-state index is 12.2. The molecule has 1 aromatic carbocycles. The number of likely N-dealkylation sites (N-methyl/N-ethyl adjacent to an activating group) is 1. The molecule has 0 aliphatic carbocycles. The highest BCUT2D eigenvalue weighted by molar-refractivity contribution is 7.98. The zero-order valence-electron chi connectivity index (χ0n) is 11.3. The van der Waals surface area contributed by atoms with E-state index in [9.17, 15) is 4.79 Å². The van der Waals surface area contributed by atoms with Crippen LogP contribution in [0.1, 0.15) is 18.9 Å². The first-order chi connectivity index (χ1) is 8.58. The number of rotatable bonds is 6. The lowest BCUT2D eigenvalue weighted by Gasteiger charge is -2.27. The van der Waals surface area contributed by atoms with Crippen LogP contribution in [0.15, 0.2) is 24.3 Å². The fourth-order valence-corrected chi connectivity index (χ4v) is 2.75. The van der Waals surface area contributed by atoms with Crippen LogP contribution >= 0.6 is 11.8 Å². The van der Waals surface area contributed by atoms with Gasteiger partial charge in [-0.25, -0.2) is 0 Å². The molecular weight excluding hydrogens is 244 g/mol. The van der Waals surface area contributed by atoms with Gasteiger partial charge in [0, 0.05) is 24.5 Å². The molecule has 0 bridgehead atoms. The number of hydrogen-bond donors (Lipinski definition) is 1. The molecule has 1 unspecified atom stereocenters. The van der Waals surface area contributed by atoms with E-state index >= 15 is 0 Å². The second kappa shape index (κ2) is 7.31. The van der Waals surface area contributed by atoms with Crippen LogP contribution in [0.25, 0.3) is 0 Å². The Morgan fingerprint density at radius 3 is 2.78 bits per heavy atom. The first-order valence-electron chi connectivity index (χ1n) is 6.17. The molecule has 0 radical (unpaired) electrons. The van der Waals surface area contributed by atoms with Gasteiger partial charge in [-0.3, -0.25) is 4.79 Å². The molecule has 100 valence electrons. The SMILES string of the molecule is CCC(CSC)N(C)C(=O)Cc1cccc(N)c1. The Balaban J connectivity index is 2.64. The molecule has 0 aliphatic rings. The standard InChI is InChI=1S/C14H22N2OS/c1-4-13(10-18-3)16(2)14(17)9-11-6-5-7-12(15)8-11/h5-8,13H,4,9-10,15H2,1-3H3. The van der Waals surface area contributed by atoms with Crippen LogP contribution in [0, 0.1) is 0 Å². The van der Waals surface area contributed by atoms with E-state index in [4.69, 9.17) is 5.73 Å². The van der Waals surface area contributed by atoms with Gasteiger partial charge in [0.15, 0.2) is 0 Å². The molecule has 1 aromatic rings. The summed E-state index contributed by atoms with van der Waals surface area (Å²) in [6.45, 7) is 2.12. The zero-order valence-corrected chi connectivity index (χ0v) is 12.2. The zero-order chi connectivity index (χ0) is 13.5. The minimum Gasteiger partial charge on any atom is -0.399 e. The van der Waals surface area contributed by atoms with Crippen molar-refractivity contribution in [3.8, 4) is 0 Å². The molecule has 3 nitrogen and oxygen atoms in total. The monoisotopic (exact) mass is 266 g/mol. The molecule has 2 N–H and O–H groups in total. The number of nitrogen functional groups attached to an aromatic ring is 1. The van der Waals surface area contributed by atoms with Crippen LogP contribution < -0.4 is 5.73 Å². The minimum atomic E-state index is 0.154. The third-order valence-corrected chi connectivity index (χ3v) is 3.80. The van der Waals surface area contributed by atoms with E-state index in [0.717, 1.165) is 17.7 Å². The number of anilines is 1. The van der Waals surface area contributed by atoms with E-state index in [1.54, 1.807) is 11.8 Å². The third-order valence-electron chi connectivity index (χ3n) is 3.08. The smallest absolute Gasteiger partial charge is 0.227 e. The molecule has 1 rings (SSSR count). The Labute approximate surface area is 114 Å². The van der Waals surface area contributed by atoms with Crippen molar-refractivity contribution in [3.05, 3.63) is 29.8 Å². The highest BCUT2D eigenvalue weighted by Gasteiger charge is 2.17. The fourth-order valence-electron chi connectivity index (χ4n) is 1.90. The van der Waals surface area contributed by atoms with Crippen LogP contribution in [0.2, 0.25) is 0 Å². The predicted molar refractivity (Wildman–Crippen MR) is 79.8 cm³/mol. The Bertz CT molecular complexity index is 395. The predicted octanol–water partition coefficient (Wildman–Crippen LogP) is 2.41. The molecule has 0 heterocycles. The van der Waals surface area contributed by atoms with Gasteiger partial charge in [0.05, 0.1) is 6.42 Å². The van der Waals surface area contributed by atoms with E-state index in [1.807, 2.05) is 36.2 Å². The summed E-state index contributed by atoms with van der Waals surface area (Å²) in [7, 11) is 1.89. The van der Waals surface area contributed by atoms with Crippen molar-refractivity contribution in [2.24, 2.45) is 0 Å². The minimum absolute atomic E-state index is 0.154. The van der Waals surface area contributed by atoms with Crippen LogP contribution in [0.3, 0.4) is 0 Å². The second-order valence-corrected chi connectivity index (χ2v) is 5.35. The lowest BCUT2D eigenvalue weighted by atomic mass is 10.1. The van der Waals surface area contributed by atoms with Crippen molar-refractivity contribution in [2.75, 3.05) is 24.8 Å². The molecule has 1 amide bonds. The van der Waals surface area contributed by atoms with E-state index < -0.39 is 0 Å². The van der Waals surface area contributed by atoms with Gasteiger partial charge in [-0.1, -0.05) is 19.1 Å². The quantitative estimate of drug-likeness (QED) is 0.804. The van der Waals surface area contributed by atoms with Gasteiger partial charge in [0.1, 0.15) is 0 Å². The molecule has 1 atom stereocenters. The van der Waals surface area contributed by atoms with Crippen molar-refractivity contribution in [3.63, 3.8) is 0 Å². The molecule has 0 saturated heterocycles. The summed E-state index contributed by atoms with van der Waals surface area (Å²) in [4.78, 5) is 14.0. The summed E-state index contributed by atoms with van der Waals surface area (Å²) < 4.78 is 0. The van der Waals surface area contributed by atoms with E-state index in [2.05, 4.69) is 13.2 Å². The highest BCUT2D eigenvalue weighted by atomic mass is 32.2. The number of amides is 1. The van der Waals surface area contributed by atoms with E-state index in [-0.39, 0.29) is 5.91 Å². The Kier molecular flexibility index (Phi) is 6.05. The van der Waals surface area contributed by atoms with Crippen molar-refractivity contribution in [1.29, 1.82) is 0 Å². The normalized spacial score (nSPS) is 12.2. The van der Waals surface area contributed by atoms with Gasteiger partial charge in [-0.05, 0) is 30.4 Å². The maximum atomic E-state index is 12.2. The van der Waals surface area contributed by atoms with Gasteiger partial charge < -0.3 is 10.6 Å². The molecule has 4 heteroatoms. The summed E-state index contributed by atoms with van der Waals surface area (Å²) in [6.07, 6.45) is 3.48. The number of hydrogen-bond acceptors (Lipinski definition) is 3. The number of benzene rings is 1. The number of nitrogens with zero attached hydrogens (tertiary/aromatic N) is 1. The highest BCUT2D eigenvalue weighted by Crippen LogP contribution is 2.12. The van der Waals surface area contributed by atoms with Crippen LogP contribution in [-0.2, 0) is 11.2 Å². The number of carbonyl (C=O) groups excluding carboxylic acids is 1. The second-order valence-electron chi connectivity index (χ2n) is 4.44. The number of nitrogens with two attached hydrogens (primary N) is 1. The Morgan fingerprint density at radius 1 is 1.50 bits per heavy atom. The molecule has 0 spiro atoms. The van der Waals surface area contributed by atoms with Crippen molar-refractivity contribution < 1.29 is 4.79 Å². The molecule has 18 heavy (non-hydrogen) atoms. The van der Waals surface area contributed by atoms with Crippen molar-refractivity contribution >= 4 is 23.4 Å². The van der Waals surface area contributed by atoms with Crippen LogP contribution in [0.4, 0.5) is 5.69 Å². The first-order valence-corrected chi connectivity index (χ1v) is 7.56. The first kappa shape index (κ1) is 14.9. The summed E-state index contributed by atoms with van der Waals surface area (Å²) >= 11 is 1.77. The number of thioether (sulfide) groups is 1. The Morgan fingerprint density at radius 2 is 2.22 bits per heavy atom. The van der Waals surface area contributed by atoms with Crippen molar-refractivity contribution in [1.82, 2.24) is 4.90 Å². The van der Waals surface area contributed by atoms with Gasteiger partial charge in [-0.15, -0.1) is 0 Å². The lowest BCUT2D eigenvalue weighted by Crippen LogP contribution is -2.39. The molecule has 0 aliphatic heterocycles. The third kappa shape index (κ3) is 4.26. The van der Waals surface area contributed by atoms with Crippen LogP contribution in [-0.4, -0.2) is 35.9 Å². The molecular formula is C14H22N2OS. The largest absolute Gasteiger partial charge is 0.399 e. The van der Waals surface area contributed by atoms with E-state index in [0.29, 0.717) is 18.2 Å². The molecule has 0 aromatic heterocycles. The van der Waals surface area contributed by atoms with Gasteiger partial charge in [0.2, 0.25) is 5.91 Å². The van der Waals surface area contributed by atoms with Gasteiger partial charge in [0.25, 0.3) is 0 Å². The molecule has 0 fully saturated rings. The average molecular weight is 266 g/mol. The average Bonchev–Trinajstić information content (AvgIpc) is 2.35. The van der Waals surface area contributed by atoms with E-state index in [1.165, 1.54) is 0 Å². The summed E-state index contributed by atoms with van der Waals surface area (Å²) in [6, 6.07) is 7.84. The Hall–Kier alpha value is -1.16.